The number of amides is 1. The molecule has 2 atom stereocenters. The number of nitrogens with one attached hydrogen (secondary N) is 1. The van der Waals surface area contributed by atoms with E-state index in [1.807, 2.05) is 29.2 Å². The van der Waals surface area contributed by atoms with Gasteiger partial charge in [0.05, 0.1) is 11.7 Å². The van der Waals surface area contributed by atoms with E-state index in [9.17, 15) is 14.7 Å². The van der Waals surface area contributed by atoms with E-state index in [0.29, 0.717) is 24.2 Å². The zero-order valence-electron chi connectivity index (χ0n) is 14.1. The lowest BCUT2D eigenvalue weighted by Gasteiger charge is -2.39. The van der Waals surface area contributed by atoms with Crippen molar-refractivity contribution in [2.24, 2.45) is 0 Å². The van der Waals surface area contributed by atoms with E-state index >= 15 is 0 Å². The van der Waals surface area contributed by atoms with Gasteiger partial charge in [-0.3, -0.25) is 14.5 Å². The molecule has 132 valence electrons. The molecule has 2 N–H and O–H groups in total. The van der Waals surface area contributed by atoms with Gasteiger partial charge in [-0.15, -0.1) is 0 Å². The number of piperazine rings is 1. The van der Waals surface area contributed by atoms with Gasteiger partial charge in [0.25, 0.3) is 5.91 Å². The maximum Gasteiger partial charge on any atom is 0.254 e. The first-order valence-corrected chi connectivity index (χ1v) is 8.97. The second-order valence-corrected chi connectivity index (χ2v) is 6.99. The Labute approximate surface area is 146 Å². The van der Waals surface area contributed by atoms with Crippen molar-refractivity contribution in [1.82, 2.24) is 14.8 Å². The zero-order valence-corrected chi connectivity index (χ0v) is 14.1. The summed E-state index contributed by atoms with van der Waals surface area (Å²) in [6.07, 6.45) is 2.75. The highest BCUT2D eigenvalue weighted by Gasteiger charge is 2.33. The number of fused-ring (bicyclic) bond motifs is 1. The molecule has 0 bridgehead atoms. The number of carbonyl (C=O) groups is 1. The molecule has 0 radical (unpaired) electrons. The summed E-state index contributed by atoms with van der Waals surface area (Å²) in [4.78, 5) is 31.8. The van der Waals surface area contributed by atoms with Crippen molar-refractivity contribution >= 4 is 16.8 Å². The summed E-state index contributed by atoms with van der Waals surface area (Å²) in [7, 11) is 0. The first-order valence-electron chi connectivity index (χ1n) is 8.97. The van der Waals surface area contributed by atoms with Crippen LogP contribution in [0.4, 0.5) is 0 Å². The summed E-state index contributed by atoms with van der Waals surface area (Å²) in [6.45, 7) is 2.80. The number of aliphatic hydroxyl groups excluding tert-OH is 1. The van der Waals surface area contributed by atoms with Gasteiger partial charge < -0.3 is 15.0 Å². The molecule has 1 aliphatic heterocycles. The van der Waals surface area contributed by atoms with Crippen molar-refractivity contribution in [2.75, 3.05) is 26.2 Å². The predicted octanol–water partition coefficient (Wildman–Crippen LogP) is 1.20. The third kappa shape index (κ3) is 3.07. The van der Waals surface area contributed by atoms with Crippen LogP contribution < -0.4 is 5.56 Å². The average molecular weight is 341 g/mol. The Bertz CT molecular complexity index is 839. The second kappa shape index (κ2) is 6.61. The number of aliphatic hydroxyl groups is 1. The molecular formula is C19H23N3O3. The number of aromatic nitrogens is 1. The van der Waals surface area contributed by atoms with Gasteiger partial charge in [-0.25, -0.2) is 0 Å². The molecule has 2 fully saturated rings. The molecule has 25 heavy (non-hydrogen) atoms. The van der Waals surface area contributed by atoms with E-state index in [1.54, 1.807) is 0 Å². The predicted molar refractivity (Wildman–Crippen MR) is 95.7 cm³/mol. The minimum absolute atomic E-state index is 0.0890. The van der Waals surface area contributed by atoms with Crippen LogP contribution in [0.1, 0.15) is 29.6 Å². The Morgan fingerprint density at radius 3 is 2.60 bits per heavy atom. The molecule has 0 spiro atoms. The van der Waals surface area contributed by atoms with Crippen LogP contribution in [0, 0.1) is 0 Å². The summed E-state index contributed by atoms with van der Waals surface area (Å²) < 4.78 is 0. The summed E-state index contributed by atoms with van der Waals surface area (Å²) in [5.74, 6) is -0.0890. The summed E-state index contributed by atoms with van der Waals surface area (Å²) in [6, 6.07) is 9.03. The molecular weight excluding hydrogens is 318 g/mol. The highest BCUT2D eigenvalue weighted by Crippen LogP contribution is 2.25. The van der Waals surface area contributed by atoms with E-state index in [1.165, 1.54) is 6.07 Å². The van der Waals surface area contributed by atoms with Gasteiger partial charge >= 0.3 is 0 Å². The first kappa shape index (κ1) is 16.3. The van der Waals surface area contributed by atoms with E-state index in [-0.39, 0.29) is 23.6 Å². The quantitative estimate of drug-likeness (QED) is 0.861. The number of carbonyl (C=O) groups excluding carboxylic acids is 1. The van der Waals surface area contributed by atoms with Crippen LogP contribution in [0.5, 0.6) is 0 Å². The van der Waals surface area contributed by atoms with Crippen LogP contribution in [0.3, 0.4) is 0 Å². The van der Waals surface area contributed by atoms with Crippen molar-refractivity contribution < 1.29 is 9.90 Å². The van der Waals surface area contributed by atoms with Crippen molar-refractivity contribution in [2.45, 2.75) is 31.4 Å². The average Bonchev–Trinajstić information content (AvgIpc) is 3.06. The molecule has 4 rings (SSSR count). The Balaban J connectivity index is 1.52. The maximum atomic E-state index is 13.0. The number of benzene rings is 1. The van der Waals surface area contributed by atoms with E-state index < -0.39 is 0 Å². The molecule has 2 aromatic rings. The Morgan fingerprint density at radius 2 is 1.88 bits per heavy atom. The van der Waals surface area contributed by atoms with Crippen LogP contribution in [0.15, 0.2) is 35.1 Å². The number of para-hydroxylation sites is 1. The summed E-state index contributed by atoms with van der Waals surface area (Å²) >= 11 is 0. The van der Waals surface area contributed by atoms with Gasteiger partial charge in [-0.2, -0.15) is 0 Å². The molecule has 0 unspecified atom stereocenters. The molecule has 1 aliphatic carbocycles. The van der Waals surface area contributed by atoms with Crippen LogP contribution in [0.25, 0.3) is 10.9 Å². The van der Waals surface area contributed by atoms with Crippen LogP contribution in [0.2, 0.25) is 0 Å². The molecule has 1 aromatic carbocycles. The Hall–Kier alpha value is -2.18. The fourth-order valence-corrected chi connectivity index (χ4v) is 4.16. The number of nitrogens with zero attached hydrogens (tertiary/aromatic N) is 2. The fourth-order valence-electron chi connectivity index (χ4n) is 4.16. The fraction of sp³-hybridized carbons (Fsp3) is 0.474. The summed E-state index contributed by atoms with van der Waals surface area (Å²) in [5.41, 5.74) is 0.898. The van der Waals surface area contributed by atoms with Gasteiger partial charge in [-0.05, 0) is 25.3 Å². The standard InChI is InChI=1S/C19H23N3O3/c23-17-7-3-6-16(17)21-8-10-22(11-9-21)19(25)14-12-18(24)20-15-5-2-1-4-13(14)15/h1-2,4-5,12,16-17,23H,3,6-11H2,(H,20,24)/t16-,17+/m0/s1. The molecule has 2 aliphatic rings. The van der Waals surface area contributed by atoms with Gasteiger partial charge in [0, 0.05) is 49.2 Å². The molecule has 1 aromatic heterocycles. The van der Waals surface area contributed by atoms with Crippen molar-refractivity contribution in [3.8, 4) is 0 Å². The largest absolute Gasteiger partial charge is 0.391 e. The van der Waals surface area contributed by atoms with Gasteiger partial charge in [0.1, 0.15) is 0 Å². The van der Waals surface area contributed by atoms with Gasteiger partial charge in [-0.1, -0.05) is 18.2 Å². The summed E-state index contributed by atoms with van der Waals surface area (Å²) in [5, 5.41) is 10.9. The SMILES string of the molecule is O=C(c1cc(=O)[nH]c2ccccc12)N1CCN([C@H]2CCC[C@H]2O)CC1. The third-order valence-corrected chi connectivity index (χ3v) is 5.50. The molecule has 1 saturated carbocycles. The Morgan fingerprint density at radius 1 is 1.12 bits per heavy atom. The molecule has 1 amide bonds. The monoisotopic (exact) mass is 341 g/mol. The number of aromatic amines is 1. The lowest BCUT2D eigenvalue weighted by molar-refractivity contribution is 0.0316. The van der Waals surface area contributed by atoms with E-state index in [4.69, 9.17) is 0 Å². The normalized spacial score (nSPS) is 24.8. The van der Waals surface area contributed by atoms with E-state index in [2.05, 4.69) is 9.88 Å². The number of H-pyrrole nitrogens is 1. The van der Waals surface area contributed by atoms with Crippen molar-refractivity contribution in [3.05, 3.63) is 46.2 Å². The number of pyridine rings is 1. The molecule has 6 nitrogen and oxygen atoms in total. The van der Waals surface area contributed by atoms with Crippen LogP contribution in [-0.4, -0.2) is 64.1 Å². The molecule has 6 heteroatoms. The van der Waals surface area contributed by atoms with Gasteiger partial charge in [0.2, 0.25) is 5.56 Å². The highest BCUT2D eigenvalue weighted by molar-refractivity contribution is 6.05. The second-order valence-electron chi connectivity index (χ2n) is 6.99. The van der Waals surface area contributed by atoms with E-state index in [0.717, 1.165) is 37.7 Å². The van der Waals surface area contributed by atoms with Crippen molar-refractivity contribution in [3.63, 3.8) is 0 Å². The minimum Gasteiger partial charge on any atom is -0.391 e. The molecule has 2 heterocycles. The number of hydrogen-bond donors (Lipinski definition) is 2. The highest BCUT2D eigenvalue weighted by atomic mass is 16.3. The lowest BCUT2D eigenvalue weighted by Crippen LogP contribution is -2.53. The van der Waals surface area contributed by atoms with Gasteiger partial charge in [0.15, 0.2) is 0 Å². The number of rotatable bonds is 2. The van der Waals surface area contributed by atoms with Crippen LogP contribution in [-0.2, 0) is 0 Å². The third-order valence-electron chi connectivity index (χ3n) is 5.50. The zero-order chi connectivity index (χ0) is 17.4. The first-order chi connectivity index (χ1) is 12.1. The maximum absolute atomic E-state index is 13.0. The topological polar surface area (TPSA) is 76.6 Å². The Kier molecular flexibility index (Phi) is 4.31. The molecule has 1 saturated heterocycles. The van der Waals surface area contributed by atoms with Crippen molar-refractivity contribution in [1.29, 1.82) is 0 Å². The minimum atomic E-state index is -0.255. The smallest absolute Gasteiger partial charge is 0.254 e. The van der Waals surface area contributed by atoms with Crippen LogP contribution >= 0.6 is 0 Å². The lowest BCUT2D eigenvalue weighted by atomic mass is 10.1. The number of hydrogen-bond acceptors (Lipinski definition) is 4.